The van der Waals surface area contributed by atoms with Gasteiger partial charge in [0.15, 0.2) is 5.82 Å². The number of aryl methyl sites for hydroxylation is 1. The van der Waals surface area contributed by atoms with Gasteiger partial charge in [-0.25, -0.2) is 0 Å². The molecule has 1 aromatic heterocycles. The lowest BCUT2D eigenvalue weighted by Gasteiger charge is -2.11. The Morgan fingerprint density at radius 2 is 1.96 bits per heavy atom. The number of nitrogens with zero attached hydrogens (tertiary/aromatic N) is 1. The molecule has 1 heterocycles. The van der Waals surface area contributed by atoms with Crippen LogP contribution in [0.15, 0.2) is 39.8 Å². The first-order valence-corrected chi connectivity index (χ1v) is 8.71. The quantitative estimate of drug-likeness (QED) is 0.783. The molecule has 1 saturated carbocycles. The second-order valence-electron chi connectivity index (χ2n) is 5.86. The van der Waals surface area contributed by atoms with E-state index in [2.05, 4.69) is 15.8 Å². The maximum absolute atomic E-state index is 12.1. The molecule has 3 rings (SSSR count). The Morgan fingerprint density at radius 3 is 2.54 bits per heavy atom. The fourth-order valence-corrected chi connectivity index (χ4v) is 2.98. The van der Waals surface area contributed by atoms with Crippen LogP contribution in [0.5, 0.6) is 0 Å². The van der Waals surface area contributed by atoms with Crippen LogP contribution in [-0.4, -0.2) is 22.2 Å². The summed E-state index contributed by atoms with van der Waals surface area (Å²) in [6.45, 7) is 3.60. The number of nitrogens with one attached hydrogen (secondary N) is 2. The second-order valence-corrected chi connectivity index (χ2v) is 7.27. The summed E-state index contributed by atoms with van der Waals surface area (Å²) in [4.78, 5) is 24.8. The van der Waals surface area contributed by atoms with Crippen LogP contribution < -0.4 is 10.6 Å². The molecule has 2 N–H and O–H groups in total. The molecule has 1 aliphatic rings. The minimum atomic E-state index is -0.283. The summed E-state index contributed by atoms with van der Waals surface area (Å²) in [6.07, 6.45) is 1.97. The lowest BCUT2D eigenvalue weighted by Crippen LogP contribution is -2.22. The Bertz CT molecular complexity index is 738. The molecule has 1 aromatic carbocycles. The third kappa shape index (κ3) is 4.38. The zero-order valence-corrected chi connectivity index (χ0v) is 14.4. The van der Waals surface area contributed by atoms with E-state index in [1.807, 2.05) is 31.2 Å². The van der Waals surface area contributed by atoms with Gasteiger partial charge >= 0.3 is 0 Å². The van der Waals surface area contributed by atoms with E-state index in [1.54, 1.807) is 13.0 Å². The van der Waals surface area contributed by atoms with Crippen LogP contribution >= 0.6 is 11.8 Å². The molecule has 126 valence electrons. The van der Waals surface area contributed by atoms with Gasteiger partial charge < -0.3 is 15.2 Å². The molecule has 0 saturated heterocycles. The number of anilines is 2. The average molecular weight is 345 g/mol. The highest BCUT2D eigenvalue weighted by atomic mass is 32.2. The number of hydrogen-bond acceptors (Lipinski definition) is 5. The van der Waals surface area contributed by atoms with E-state index in [0.717, 1.165) is 23.4 Å². The van der Waals surface area contributed by atoms with E-state index < -0.39 is 0 Å². The molecule has 7 heteroatoms. The van der Waals surface area contributed by atoms with Gasteiger partial charge in [-0.3, -0.25) is 9.59 Å². The van der Waals surface area contributed by atoms with Gasteiger partial charge in [-0.15, -0.1) is 11.8 Å². The molecule has 0 radical (unpaired) electrons. The normalized spacial score (nSPS) is 14.9. The minimum absolute atomic E-state index is 0.0889. The molecule has 2 aromatic rings. The predicted molar refractivity (Wildman–Crippen MR) is 93.0 cm³/mol. The summed E-state index contributed by atoms with van der Waals surface area (Å²) in [7, 11) is 0. The largest absolute Gasteiger partial charge is 0.360 e. The number of carbonyl (C=O) groups excluding carboxylic acids is 2. The summed E-state index contributed by atoms with van der Waals surface area (Å²) in [5.41, 5.74) is 0.784. The minimum Gasteiger partial charge on any atom is -0.360 e. The molecule has 2 amide bonds. The standard InChI is InChI=1S/C17H19N3O3S/c1-10-9-15(20-23-10)19-16(21)11(2)24-14-7-5-13(6-8-14)18-17(22)12-3-4-12/h5-9,11-12H,3-4H2,1-2H3,(H,18,22)(H,19,20,21). The summed E-state index contributed by atoms with van der Waals surface area (Å²) < 4.78 is 4.92. The lowest BCUT2D eigenvalue weighted by molar-refractivity contribution is -0.117. The van der Waals surface area contributed by atoms with Crippen LogP contribution in [0.2, 0.25) is 0 Å². The number of aromatic nitrogens is 1. The topological polar surface area (TPSA) is 84.2 Å². The molecule has 1 aliphatic carbocycles. The van der Waals surface area contributed by atoms with Crippen LogP contribution in [0.25, 0.3) is 0 Å². The molecule has 0 spiro atoms. The van der Waals surface area contributed by atoms with Crippen molar-refractivity contribution in [1.29, 1.82) is 0 Å². The van der Waals surface area contributed by atoms with Gasteiger partial charge in [-0.05, 0) is 51.0 Å². The van der Waals surface area contributed by atoms with Crippen LogP contribution in [-0.2, 0) is 9.59 Å². The third-order valence-electron chi connectivity index (χ3n) is 3.63. The molecule has 0 bridgehead atoms. The van der Waals surface area contributed by atoms with Crippen LogP contribution in [0.1, 0.15) is 25.5 Å². The molecule has 1 fully saturated rings. The Balaban J connectivity index is 1.52. The molecular weight excluding hydrogens is 326 g/mol. The summed E-state index contributed by atoms with van der Waals surface area (Å²) in [5, 5.41) is 9.08. The molecular formula is C17H19N3O3S. The third-order valence-corrected chi connectivity index (χ3v) is 4.74. The molecule has 0 aliphatic heterocycles. The SMILES string of the molecule is Cc1cc(NC(=O)C(C)Sc2ccc(NC(=O)C3CC3)cc2)no1. The van der Waals surface area contributed by atoms with E-state index >= 15 is 0 Å². The number of carbonyl (C=O) groups is 2. The van der Waals surface area contributed by atoms with Crippen molar-refractivity contribution >= 4 is 35.1 Å². The van der Waals surface area contributed by atoms with Gasteiger partial charge in [-0.2, -0.15) is 0 Å². The van der Waals surface area contributed by atoms with E-state index in [-0.39, 0.29) is 23.0 Å². The second kappa shape index (κ2) is 7.09. The Morgan fingerprint density at radius 1 is 1.25 bits per heavy atom. The Hall–Kier alpha value is -2.28. The Kier molecular flexibility index (Phi) is 4.89. The maximum Gasteiger partial charge on any atom is 0.238 e. The highest BCUT2D eigenvalue weighted by Gasteiger charge is 2.29. The van der Waals surface area contributed by atoms with Gasteiger partial charge in [0.25, 0.3) is 0 Å². The van der Waals surface area contributed by atoms with Crippen molar-refractivity contribution in [3.63, 3.8) is 0 Å². The number of benzene rings is 1. The van der Waals surface area contributed by atoms with Gasteiger partial charge in [0.05, 0.1) is 5.25 Å². The van der Waals surface area contributed by atoms with Crippen molar-refractivity contribution in [1.82, 2.24) is 5.16 Å². The average Bonchev–Trinajstić information content (AvgIpc) is 3.33. The maximum atomic E-state index is 12.1. The highest BCUT2D eigenvalue weighted by molar-refractivity contribution is 8.00. The zero-order chi connectivity index (χ0) is 17.1. The number of thioether (sulfide) groups is 1. The van der Waals surface area contributed by atoms with E-state index in [4.69, 9.17) is 4.52 Å². The van der Waals surface area contributed by atoms with Gasteiger partial charge in [0, 0.05) is 22.6 Å². The van der Waals surface area contributed by atoms with Crippen molar-refractivity contribution in [3.05, 3.63) is 36.1 Å². The monoisotopic (exact) mass is 345 g/mol. The summed E-state index contributed by atoms with van der Waals surface area (Å²) in [6, 6.07) is 9.18. The van der Waals surface area contributed by atoms with Crippen molar-refractivity contribution < 1.29 is 14.1 Å². The molecule has 6 nitrogen and oxygen atoms in total. The van der Waals surface area contributed by atoms with Crippen LogP contribution in [0.3, 0.4) is 0 Å². The fourth-order valence-electron chi connectivity index (χ4n) is 2.12. The van der Waals surface area contributed by atoms with Crippen molar-refractivity contribution in [2.45, 2.75) is 36.8 Å². The van der Waals surface area contributed by atoms with Gasteiger partial charge in [0.1, 0.15) is 5.76 Å². The van der Waals surface area contributed by atoms with E-state index in [9.17, 15) is 9.59 Å². The Labute approximate surface area is 144 Å². The van der Waals surface area contributed by atoms with E-state index in [0.29, 0.717) is 11.6 Å². The number of rotatable bonds is 6. The molecule has 1 unspecified atom stereocenters. The van der Waals surface area contributed by atoms with Crippen molar-refractivity contribution in [2.24, 2.45) is 5.92 Å². The van der Waals surface area contributed by atoms with Gasteiger partial charge in [0.2, 0.25) is 11.8 Å². The molecule has 24 heavy (non-hydrogen) atoms. The fraction of sp³-hybridized carbons (Fsp3) is 0.353. The first-order valence-electron chi connectivity index (χ1n) is 7.83. The predicted octanol–water partition coefficient (Wildman–Crippen LogP) is 3.45. The first kappa shape index (κ1) is 16.6. The summed E-state index contributed by atoms with van der Waals surface area (Å²) >= 11 is 1.44. The number of amides is 2. The number of hydrogen-bond donors (Lipinski definition) is 2. The van der Waals surface area contributed by atoms with Crippen molar-refractivity contribution in [3.8, 4) is 0 Å². The molecule has 1 atom stereocenters. The van der Waals surface area contributed by atoms with Gasteiger partial charge in [-0.1, -0.05) is 5.16 Å². The lowest BCUT2D eigenvalue weighted by atomic mass is 10.3. The van der Waals surface area contributed by atoms with Crippen molar-refractivity contribution in [2.75, 3.05) is 10.6 Å². The first-order chi connectivity index (χ1) is 11.5. The highest BCUT2D eigenvalue weighted by Crippen LogP contribution is 2.31. The van der Waals surface area contributed by atoms with Crippen LogP contribution in [0, 0.1) is 12.8 Å². The summed E-state index contributed by atoms with van der Waals surface area (Å²) in [5.74, 6) is 1.20. The smallest absolute Gasteiger partial charge is 0.238 e. The van der Waals surface area contributed by atoms with E-state index in [1.165, 1.54) is 11.8 Å². The zero-order valence-electron chi connectivity index (χ0n) is 13.5. The van der Waals surface area contributed by atoms with Crippen LogP contribution in [0.4, 0.5) is 11.5 Å².